The first-order chi connectivity index (χ1) is 9.10. The van der Waals surface area contributed by atoms with E-state index in [1.807, 2.05) is 24.4 Å². The number of anilines is 1. The molecule has 19 heavy (non-hydrogen) atoms. The quantitative estimate of drug-likeness (QED) is 0.825. The summed E-state index contributed by atoms with van der Waals surface area (Å²) in [6.07, 6.45) is 1.90. The lowest BCUT2D eigenvalue weighted by Gasteiger charge is -2.14. The zero-order valence-electron chi connectivity index (χ0n) is 11.4. The average molecular weight is 277 g/mol. The predicted octanol–water partition coefficient (Wildman–Crippen LogP) is 2.89. The summed E-state index contributed by atoms with van der Waals surface area (Å²) < 4.78 is 5.34. The molecule has 0 saturated heterocycles. The summed E-state index contributed by atoms with van der Waals surface area (Å²) in [6, 6.07) is 5.94. The zero-order chi connectivity index (χ0) is 13.8. The summed E-state index contributed by atoms with van der Waals surface area (Å²) >= 11 is 1.72. The van der Waals surface area contributed by atoms with Crippen LogP contribution in [0, 0.1) is 6.92 Å². The van der Waals surface area contributed by atoms with E-state index in [1.165, 1.54) is 4.88 Å². The fourth-order valence-electron chi connectivity index (χ4n) is 1.83. The van der Waals surface area contributed by atoms with Gasteiger partial charge in [0.15, 0.2) is 0 Å². The van der Waals surface area contributed by atoms with E-state index >= 15 is 0 Å². The largest absolute Gasteiger partial charge is 0.496 e. The van der Waals surface area contributed by atoms with Gasteiger partial charge in [-0.2, -0.15) is 0 Å². The number of methoxy groups -OCH3 is 1. The fourth-order valence-corrected chi connectivity index (χ4v) is 2.63. The summed E-state index contributed by atoms with van der Waals surface area (Å²) in [7, 11) is 1.66. The van der Waals surface area contributed by atoms with Crippen molar-refractivity contribution < 1.29 is 4.74 Å². The molecule has 4 nitrogen and oxygen atoms in total. The van der Waals surface area contributed by atoms with Crippen LogP contribution < -0.4 is 15.8 Å². The number of ether oxygens (including phenoxy) is 1. The number of aryl methyl sites for hydroxylation is 1. The Labute approximate surface area is 117 Å². The maximum atomic E-state index is 5.74. The smallest absolute Gasteiger partial charge is 0.125 e. The highest BCUT2D eigenvalue weighted by atomic mass is 32.1. The Morgan fingerprint density at radius 2 is 2.26 bits per heavy atom. The molecular formula is C14H19N3OS. The van der Waals surface area contributed by atoms with Crippen molar-refractivity contribution in [3.63, 3.8) is 0 Å². The molecule has 102 valence electrons. The average Bonchev–Trinajstić information content (AvgIpc) is 2.83. The molecule has 0 fully saturated rings. The van der Waals surface area contributed by atoms with Crippen LogP contribution in [0.5, 0.6) is 5.75 Å². The number of rotatable bonds is 5. The van der Waals surface area contributed by atoms with Crippen LogP contribution >= 0.6 is 11.3 Å². The van der Waals surface area contributed by atoms with Crippen LogP contribution in [0.15, 0.2) is 24.4 Å². The van der Waals surface area contributed by atoms with Gasteiger partial charge in [-0.1, -0.05) is 6.07 Å². The van der Waals surface area contributed by atoms with Crippen molar-refractivity contribution in [3.05, 3.63) is 39.8 Å². The highest BCUT2D eigenvalue weighted by molar-refractivity contribution is 7.11. The molecule has 1 aromatic carbocycles. The minimum absolute atomic E-state index is 0.223. The Morgan fingerprint density at radius 3 is 2.89 bits per heavy atom. The number of nitrogen functional groups attached to an aromatic ring is 1. The first-order valence-electron chi connectivity index (χ1n) is 6.18. The van der Waals surface area contributed by atoms with E-state index in [4.69, 9.17) is 10.5 Å². The number of thiazole rings is 1. The Balaban J connectivity index is 2.02. The van der Waals surface area contributed by atoms with Gasteiger partial charge in [-0.3, -0.25) is 0 Å². The van der Waals surface area contributed by atoms with Gasteiger partial charge in [0.05, 0.1) is 13.2 Å². The zero-order valence-corrected chi connectivity index (χ0v) is 12.3. The van der Waals surface area contributed by atoms with Crippen LogP contribution in [-0.2, 0) is 6.54 Å². The highest BCUT2D eigenvalue weighted by Gasteiger charge is 2.10. The molecule has 0 spiro atoms. The second kappa shape index (κ2) is 6.04. The summed E-state index contributed by atoms with van der Waals surface area (Å²) in [5.41, 5.74) is 7.55. The molecule has 0 amide bonds. The molecule has 1 atom stereocenters. The molecule has 1 unspecified atom stereocenters. The Kier molecular flexibility index (Phi) is 4.39. The van der Waals surface area contributed by atoms with Gasteiger partial charge in [-0.25, -0.2) is 4.98 Å². The number of aromatic nitrogens is 1. The van der Waals surface area contributed by atoms with Gasteiger partial charge in [0, 0.05) is 34.9 Å². The number of nitrogens with two attached hydrogens (primary N) is 1. The lowest BCUT2D eigenvalue weighted by atomic mass is 10.1. The van der Waals surface area contributed by atoms with E-state index < -0.39 is 0 Å². The number of nitrogens with zero attached hydrogens (tertiary/aromatic N) is 1. The molecule has 2 aromatic rings. The van der Waals surface area contributed by atoms with Crippen molar-refractivity contribution in [3.8, 4) is 5.75 Å². The van der Waals surface area contributed by atoms with E-state index in [0.29, 0.717) is 5.69 Å². The van der Waals surface area contributed by atoms with Crippen LogP contribution in [0.1, 0.15) is 28.4 Å². The van der Waals surface area contributed by atoms with Crippen LogP contribution in [0.3, 0.4) is 0 Å². The summed E-state index contributed by atoms with van der Waals surface area (Å²) in [5, 5.41) is 4.55. The number of hydrogen-bond donors (Lipinski definition) is 2. The number of benzene rings is 1. The molecule has 1 aromatic heterocycles. The molecule has 0 aliphatic carbocycles. The molecule has 0 bridgehead atoms. The maximum Gasteiger partial charge on any atom is 0.125 e. The standard InChI is InChI=1S/C14H19N3OS/c1-9-7-17-14(19-9)10(2)16-8-11-4-5-12(15)6-13(11)18-3/h4-7,10,16H,8,15H2,1-3H3. The van der Waals surface area contributed by atoms with Crippen molar-refractivity contribution in [2.24, 2.45) is 0 Å². The van der Waals surface area contributed by atoms with E-state index in [-0.39, 0.29) is 6.04 Å². The van der Waals surface area contributed by atoms with Crippen molar-refractivity contribution >= 4 is 17.0 Å². The van der Waals surface area contributed by atoms with Crippen molar-refractivity contribution in [1.82, 2.24) is 10.3 Å². The van der Waals surface area contributed by atoms with Gasteiger partial charge in [-0.15, -0.1) is 11.3 Å². The monoisotopic (exact) mass is 277 g/mol. The molecule has 0 aliphatic rings. The second-order valence-electron chi connectivity index (χ2n) is 4.48. The summed E-state index contributed by atoms with van der Waals surface area (Å²) in [6.45, 7) is 4.90. The van der Waals surface area contributed by atoms with Crippen molar-refractivity contribution in [1.29, 1.82) is 0 Å². The Hall–Kier alpha value is -1.59. The minimum atomic E-state index is 0.223. The molecule has 0 aliphatic heterocycles. The second-order valence-corrected chi connectivity index (χ2v) is 5.75. The predicted molar refractivity (Wildman–Crippen MR) is 79.5 cm³/mol. The molecule has 3 N–H and O–H groups in total. The van der Waals surface area contributed by atoms with Crippen molar-refractivity contribution in [2.75, 3.05) is 12.8 Å². The molecule has 5 heteroatoms. The van der Waals surface area contributed by atoms with E-state index in [0.717, 1.165) is 22.9 Å². The minimum Gasteiger partial charge on any atom is -0.496 e. The summed E-state index contributed by atoms with van der Waals surface area (Å²) in [4.78, 5) is 5.62. The maximum absolute atomic E-state index is 5.74. The van der Waals surface area contributed by atoms with Gasteiger partial charge < -0.3 is 15.8 Å². The van der Waals surface area contributed by atoms with Crippen molar-refractivity contribution in [2.45, 2.75) is 26.4 Å². The van der Waals surface area contributed by atoms with Crippen LogP contribution in [0.25, 0.3) is 0 Å². The molecule has 2 rings (SSSR count). The van der Waals surface area contributed by atoms with E-state index in [2.05, 4.69) is 24.1 Å². The van der Waals surface area contributed by atoms with Gasteiger partial charge >= 0.3 is 0 Å². The first-order valence-corrected chi connectivity index (χ1v) is 7.00. The van der Waals surface area contributed by atoms with Crippen LogP contribution in [0.4, 0.5) is 5.69 Å². The Bertz CT molecular complexity index is 553. The third kappa shape index (κ3) is 3.45. The first kappa shape index (κ1) is 13.8. The summed E-state index contributed by atoms with van der Waals surface area (Å²) in [5.74, 6) is 0.815. The molecule has 0 radical (unpaired) electrons. The molecular weight excluding hydrogens is 258 g/mol. The fraction of sp³-hybridized carbons (Fsp3) is 0.357. The van der Waals surface area contributed by atoms with Gasteiger partial charge in [0.2, 0.25) is 0 Å². The topological polar surface area (TPSA) is 60.2 Å². The number of nitrogens with one attached hydrogen (secondary N) is 1. The van der Waals surface area contributed by atoms with Gasteiger partial charge in [0.25, 0.3) is 0 Å². The highest BCUT2D eigenvalue weighted by Crippen LogP contribution is 2.23. The third-order valence-electron chi connectivity index (χ3n) is 2.92. The number of hydrogen-bond acceptors (Lipinski definition) is 5. The van der Waals surface area contributed by atoms with E-state index in [9.17, 15) is 0 Å². The normalized spacial score (nSPS) is 12.4. The molecule has 0 saturated carbocycles. The van der Waals surface area contributed by atoms with Gasteiger partial charge in [0.1, 0.15) is 10.8 Å². The van der Waals surface area contributed by atoms with Gasteiger partial charge in [-0.05, 0) is 19.9 Å². The van der Waals surface area contributed by atoms with Crippen LogP contribution in [0.2, 0.25) is 0 Å². The Morgan fingerprint density at radius 1 is 1.47 bits per heavy atom. The molecule has 1 heterocycles. The third-order valence-corrected chi connectivity index (χ3v) is 4.01. The lowest BCUT2D eigenvalue weighted by Crippen LogP contribution is -2.18. The lowest BCUT2D eigenvalue weighted by molar-refractivity contribution is 0.406. The SMILES string of the molecule is COc1cc(N)ccc1CNC(C)c1ncc(C)s1. The van der Waals surface area contributed by atoms with E-state index in [1.54, 1.807) is 18.4 Å². The van der Waals surface area contributed by atoms with Crippen LogP contribution in [-0.4, -0.2) is 12.1 Å².